The molecule has 2 atom stereocenters. The van der Waals surface area contributed by atoms with Gasteiger partial charge in [-0.25, -0.2) is 5.43 Å². The molecule has 2 aliphatic rings. The number of allylic oxidation sites excluding steroid dienone is 2. The van der Waals surface area contributed by atoms with E-state index in [1.807, 2.05) is 12.1 Å². The SMILES string of the molecule is O=C(N/N=C1\CC2C=CCC12)c1ccc(Br)cc1. The molecule has 1 N–H and O–H groups in total. The van der Waals surface area contributed by atoms with Gasteiger partial charge in [0, 0.05) is 21.7 Å². The van der Waals surface area contributed by atoms with Crippen LogP contribution in [0.15, 0.2) is 46.0 Å². The summed E-state index contributed by atoms with van der Waals surface area (Å²) < 4.78 is 0.962. The molecule has 2 unspecified atom stereocenters. The predicted molar refractivity (Wildman–Crippen MR) is 74.4 cm³/mol. The number of carbonyl (C=O) groups is 1. The van der Waals surface area contributed by atoms with Crippen LogP contribution in [0.1, 0.15) is 23.2 Å². The second-order valence-corrected chi connectivity index (χ2v) is 5.60. The number of nitrogens with one attached hydrogen (secondary N) is 1. The summed E-state index contributed by atoms with van der Waals surface area (Å²) in [5, 5.41) is 4.24. The van der Waals surface area contributed by atoms with Gasteiger partial charge in [-0.2, -0.15) is 5.10 Å². The number of hydrazone groups is 1. The van der Waals surface area contributed by atoms with Crippen LogP contribution in [0.3, 0.4) is 0 Å². The molecule has 0 bridgehead atoms. The third-order valence-electron chi connectivity index (χ3n) is 3.57. The first-order valence-electron chi connectivity index (χ1n) is 6.03. The van der Waals surface area contributed by atoms with Crippen LogP contribution in [0.2, 0.25) is 0 Å². The summed E-state index contributed by atoms with van der Waals surface area (Å²) in [6, 6.07) is 7.26. The smallest absolute Gasteiger partial charge is 0.267 e. The fraction of sp³-hybridized carbons (Fsp3) is 0.286. The Hall–Kier alpha value is -1.42. The van der Waals surface area contributed by atoms with Crippen LogP contribution < -0.4 is 5.43 Å². The number of fused-ring (bicyclic) bond motifs is 1. The van der Waals surface area contributed by atoms with Crippen molar-refractivity contribution < 1.29 is 4.79 Å². The highest BCUT2D eigenvalue weighted by atomic mass is 79.9. The molecule has 0 radical (unpaired) electrons. The Bertz CT molecular complexity index is 533. The van der Waals surface area contributed by atoms with Gasteiger partial charge in [0.2, 0.25) is 0 Å². The molecular weight excluding hydrogens is 292 g/mol. The molecule has 0 aromatic heterocycles. The fourth-order valence-electron chi connectivity index (χ4n) is 2.45. The van der Waals surface area contributed by atoms with Gasteiger partial charge >= 0.3 is 0 Å². The summed E-state index contributed by atoms with van der Waals surface area (Å²) in [6.45, 7) is 0. The van der Waals surface area contributed by atoms with E-state index in [4.69, 9.17) is 0 Å². The summed E-state index contributed by atoms with van der Waals surface area (Å²) in [4.78, 5) is 11.8. The van der Waals surface area contributed by atoms with Crippen molar-refractivity contribution in [1.29, 1.82) is 0 Å². The molecule has 3 rings (SSSR count). The quantitative estimate of drug-likeness (QED) is 0.662. The Morgan fingerprint density at radius 3 is 2.83 bits per heavy atom. The number of halogens is 1. The molecule has 2 aliphatic carbocycles. The number of rotatable bonds is 2. The highest BCUT2D eigenvalue weighted by Gasteiger charge is 2.37. The van der Waals surface area contributed by atoms with Crippen LogP contribution in [-0.2, 0) is 0 Å². The van der Waals surface area contributed by atoms with Gasteiger partial charge in [-0.3, -0.25) is 4.79 Å². The van der Waals surface area contributed by atoms with Crippen molar-refractivity contribution in [2.45, 2.75) is 12.8 Å². The van der Waals surface area contributed by atoms with Crippen molar-refractivity contribution in [3.05, 3.63) is 46.5 Å². The van der Waals surface area contributed by atoms with E-state index in [1.165, 1.54) is 0 Å². The number of hydrogen-bond donors (Lipinski definition) is 1. The zero-order chi connectivity index (χ0) is 12.5. The average Bonchev–Trinajstić information content (AvgIpc) is 2.72. The number of amides is 1. The van der Waals surface area contributed by atoms with Crippen LogP contribution in [0, 0.1) is 11.8 Å². The van der Waals surface area contributed by atoms with E-state index >= 15 is 0 Å². The first-order valence-corrected chi connectivity index (χ1v) is 6.82. The Kier molecular flexibility index (Phi) is 3.04. The summed E-state index contributed by atoms with van der Waals surface area (Å²) in [6.07, 6.45) is 6.51. The van der Waals surface area contributed by atoms with Gasteiger partial charge in [0.05, 0.1) is 0 Å². The molecule has 4 heteroatoms. The molecule has 1 fully saturated rings. The first-order chi connectivity index (χ1) is 8.74. The molecule has 0 saturated heterocycles. The van der Waals surface area contributed by atoms with Crippen molar-refractivity contribution in [3.8, 4) is 0 Å². The zero-order valence-corrected chi connectivity index (χ0v) is 11.4. The molecule has 1 aromatic rings. The summed E-state index contributed by atoms with van der Waals surface area (Å²) >= 11 is 3.34. The minimum absolute atomic E-state index is 0.149. The number of hydrogen-bond acceptors (Lipinski definition) is 2. The first kappa shape index (κ1) is 11.7. The standard InChI is InChI=1S/C14H13BrN2O/c15-11-6-4-9(5-7-11)14(18)17-16-13-8-10-2-1-3-12(10)13/h1-2,4-7,10,12H,3,8H2,(H,17,18)/b16-13+. The Balaban J connectivity index is 1.62. The van der Waals surface area contributed by atoms with Crippen LogP contribution in [0.4, 0.5) is 0 Å². The van der Waals surface area contributed by atoms with E-state index in [1.54, 1.807) is 12.1 Å². The number of nitrogens with zero attached hydrogens (tertiary/aromatic N) is 1. The minimum Gasteiger partial charge on any atom is -0.267 e. The van der Waals surface area contributed by atoms with Gasteiger partial charge in [0.1, 0.15) is 0 Å². The molecule has 92 valence electrons. The normalized spacial score (nSPS) is 26.8. The van der Waals surface area contributed by atoms with E-state index in [2.05, 4.69) is 38.6 Å². The summed E-state index contributed by atoms with van der Waals surface area (Å²) in [5.41, 5.74) is 4.39. The van der Waals surface area contributed by atoms with Crippen molar-refractivity contribution in [3.63, 3.8) is 0 Å². The van der Waals surface area contributed by atoms with Gasteiger partial charge in [-0.05, 0) is 43.0 Å². The van der Waals surface area contributed by atoms with Crippen molar-refractivity contribution in [1.82, 2.24) is 5.43 Å². The summed E-state index contributed by atoms with van der Waals surface area (Å²) in [7, 11) is 0. The third-order valence-corrected chi connectivity index (χ3v) is 4.10. The molecule has 0 heterocycles. The maximum atomic E-state index is 11.8. The minimum atomic E-state index is -0.149. The van der Waals surface area contributed by atoms with Gasteiger partial charge in [0.25, 0.3) is 5.91 Å². The third kappa shape index (κ3) is 2.12. The number of carbonyl (C=O) groups excluding carboxylic acids is 1. The predicted octanol–water partition coefficient (Wildman–Crippen LogP) is 3.13. The van der Waals surface area contributed by atoms with Crippen LogP contribution >= 0.6 is 15.9 Å². The highest BCUT2D eigenvalue weighted by molar-refractivity contribution is 9.10. The maximum absolute atomic E-state index is 11.8. The second kappa shape index (κ2) is 4.69. The van der Waals surface area contributed by atoms with Crippen molar-refractivity contribution in [2.75, 3.05) is 0 Å². The topological polar surface area (TPSA) is 41.5 Å². The Labute approximate surface area is 114 Å². The summed E-state index contributed by atoms with van der Waals surface area (Å²) in [5.74, 6) is 1.05. The van der Waals surface area contributed by atoms with Crippen molar-refractivity contribution >= 4 is 27.5 Å². The molecule has 3 nitrogen and oxygen atoms in total. The van der Waals surface area contributed by atoms with Gasteiger partial charge < -0.3 is 0 Å². The average molecular weight is 305 g/mol. The monoisotopic (exact) mass is 304 g/mol. The van der Waals surface area contributed by atoms with Gasteiger partial charge in [-0.15, -0.1) is 0 Å². The lowest BCUT2D eigenvalue weighted by Gasteiger charge is -2.31. The molecule has 18 heavy (non-hydrogen) atoms. The van der Waals surface area contributed by atoms with E-state index in [0.29, 0.717) is 17.4 Å². The largest absolute Gasteiger partial charge is 0.271 e. The van der Waals surface area contributed by atoms with E-state index in [-0.39, 0.29) is 5.91 Å². The second-order valence-electron chi connectivity index (χ2n) is 4.69. The lowest BCUT2D eigenvalue weighted by atomic mass is 9.74. The van der Waals surface area contributed by atoms with Crippen molar-refractivity contribution in [2.24, 2.45) is 16.9 Å². The van der Waals surface area contributed by atoms with E-state index in [0.717, 1.165) is 23.0 Å². The zero-order valence-electron chi connectivity index (χ0n) is 9.77. The molecule has 0 aliphatic heterocycles. The van der Waals surface area contributed by atoms with Crippen LogP contribution in [0.25, 0.3) is 0 Å². The molecule has 0 spiro atoms. The van der Waals surface area contributed by atoms with Crippen LogP contribution in [0.5, 0.6) is 0 Å². The highest BCUT2D eigenvalue weighted by Crippen LogP contribution is 2.40. The Morgan fingerprint density at radius 1 is 1.33 bits per heavy atom. The van der Waals surface area contributed by atoms with Crippen LogP contribution in [-0.4, -0.2) is 11.6 Å². The molecular formula is C14H13BrN2O. The van der Waals surface area contributed by atoms with Gasteiger partial charge in [-0.1, -0.05) is 28.1 Å². The lowest BCUT2D eigenvalue weighted by molar-refractivity contribution is 0.0954. The number of benzene rings is 1. The Morgan fingerprint density at radius 2 is 2.11 bits per heavy atom. The van der Waals surface area contributed by atoms with E-state index < -0.39 is 0 Å². The molecule has 1 saturated carbocycles. The maximum Gasteiger partial charge on any atom is 0.271 e. The van der Waals surface area contributed by atoms with Gasteiger partial charge in [0.15, 0.2) is 0 Å². The fourth-order valence-corrected chi connectivity index (χ4v) is 2.72. The molecule has 1 amide bonds. The lowest BCUT2D eigenvalue weighted by Crippen LogP contribution is -2.35. The molecule has 1 aromatic carbocycles. The van der Waals surface area contributed by atoms with E-state index in [9.17, 15) is 4.79 Å².